The molecule has 1 aliphatic heterocycles. The molecule has 3 unspecified atom stereocenters. The Morgan fingerprint density at radius 2 is 2.27 bits per heavy atom. The summed E-state index contributed by atoms with van der Waals surface area (Å²) in [6.07, 6.45) is 2.69. The van der Waals surface area contributed by atoms with Crippen molar-refractivity contribution >= 4 is 0 Å². The average molecular weight is 155 g/mol. The van der Waals surface area contributed by atoms with Gasteiger partial charge in [-0.25, -0.2) is 0 Å². The molecule has 2 aliphatic rings. The number of aliphatic hydroxyl groups is 1. The summed E-state index contributed by atoms with van der Waals surface area (Å²) in [6.45, 7) is 3.79. The van der Waals surface area contributed by atoms with E-state index in [4.69, 9.17) is 5.11 Å². The van der Waals surface area contributed by atoms with Crippen LogP contribution in [0.3, 0.4) is 0 Å². The zero-order valence-corrected chi connectivity index (χ0v) is 7.09. The smallest absolute Gasteiger partial charge is 0.0587 e. The SMILES string of the molecule is CC1CC2CNC(CO)[C@H]2C1. The van der Waals surface area contributed by atoms with E-state index in [1.807, 2.05) is 0 Å². The highest BCUT2D eigenvalue weighted by molar-refractivity contribution is 4.95. The standard InChI is InChI=1S/C9H17NO/c1-6-2-7-4-10-9(5-11)8(7)3-6/h6-11H,2-5H2,1H3/t6?,7?,8-,9?/m0/s1. The number of aliphatic hydroxyl groups excluding tert-OH is 1. The zero-order chi connectivity index (χ0) is 7.84. The fourth-order valence-corrected chi connectivity index (χ4v) is 2.83. The van der Waals surface area contributed by atoms with Crippen LogP contribution in [0.4, 0.5) is 0 Å². The number of nitrogens with one attached hydrogen (secondary N) is 1. The molecule has 0 spiro atoms. The average Bonchev–Trinajstić information content (AvgIpc) is 2.45. The van der Waals surface area contributed by atoms with Crippen LogP contribution in [-0.4, -0.2) is 24.3 Å². The molecule has 2 fully saturated rings. The molecular weight excluding hydrogens is 138 g/mol. The van der Waals surface area contributed by atoms with Gasteiger partial charge in [0.1, 0.15) is 0 Å². The number of hydrogen-bond donors (Lipinski definition) is 2. The first kappa shape index (κ1) is 7.56. The van der Waals surface area contributed by atoms with Gasteiger partial charge in [-0.3, -0.25) is 0 Å². The fourth-order valence-electron chi connectivity index (χ4n) is 2.83. The lowest BCUT2D eigenvalue weighted by Gasteiger charge is -2.15. The predicted octanol–water partition coefficient (Wildman–Crippen LogP) is 0.613. The lowest BCUT2D eigenvalue weighted by Crippen LogP contribution is -2.30. The maximum Gasteiger partial charge on any atom is 0.0587 e. The number of rotatable bonds is 1. The molecule has 1 saturated carbocycles. The third kappa shape index (κ3) is 1.18. The summed E-state index contributed by atoms with van der Waals surface area (Å²) < 4.78 is 0. The maximum absolute atomic E-state index is 9.04. The highest BCUT2D eigenvalue weighted by Gasteiger charge is 2.41. The van der Waals surface area contributed by atoms with Gasteiger partial charge in [0.15, 0.2) is 0 Å². The molecule has 1 heterocycles. The molecule has 1 aliphatic carbocycles. The largest absolute Gasteiger partial charge is 0.395 e. The van der Waals surface area contributed by atoms with Crippen molar-refractivity contribution in [1.82, 2.24) is 5.32 Å². The molecule has 1 saturated heterocycles. The second-order valence-electron chi connectivity index (χ2n) is 4.20. The van der Waals surface area contributed by atoms with Crippen LogP contribution >= 0.6 is 0 Å². The summed E-state index contributed by atoms with van der Waals surface area (Å²) in [6, 6.07) is 0.407. The monoisotopic (exact) mass is 155 g/mol. The minimum absolute atomic E-state index is 0.327. The lowest BCUT2D eigenvalue weighted by molar-refractivity contribution is 0.220. The molecule has 0 aromatic carbocycles. The van der Waals surface area contributed by atoms with E-state index in [2.05, 4.69) is 12.2 Å². The van der Waals surface area contributed by atoms with Crippen molar-refractivity contribution in [2.24, 2.45) is 17.8 Å². The van der Waals surface area contributed by atoms with E-state index >= 15 is 0 Å². The van der Waals surface area contributed by atoms with E-state index in [-0.39, 0.29) is 0 Å². The summed E-state index contributed by atoms with van der Waals surface area (Å²) in [7, 11) is 0. The first-order chi connectivity index (χ1) is 5.31. The van der Waals surface area contributed by atoms with Gasteiger partial charge in [-0.05, 0) is 37.1 Å². The summed E-state index contributed by atoms with van der Waals surface area (Å²) in [5.74, 6) is 2.53. The third-order valence-corrected chi connectivity index (χ3v) is 3.34. The van der Waals surface area contributed by atoms with Crippen LogP contribution < -0.4 is 5.32 Å². The van der Waals surface area contributed by atoms with Crippen LogP contribution in [0.2, 0.25) is 0 Å². The normalized spacial score (nSPS) is 49.6. The predicted molar refractivity (Wildman–Crippen MR) is 44.3 cm³/mol. The third-order valence-electron chi connectivity index (χ3n) is 3.34. The van der Waals surface area contributed by atoms with Crippen LogP contribution in [0, 0.1) is 17.8 Å². The topological polar surface area (TPSA) is 32.3 Å². The summed E-state index contributed by atoms with van der Waals surface area (Å²) >= 11 is 0. The molecule has 2 N–H and O–H groups in total. The van der Waals surface area contributed by atoms with E-state index in [0.717, 1.165) is 24.3 Å². The van der Waals surface area contributed by atoms with Crippen LogP contribution in [0.15, 0.2) is 0 Å². The van der Waals surface area contributed by atoms with Gasteiger partial charge in [0.05, 0.1) is 6.61 Å². The molecule has 0 aromatic heterocycles. The van der Waals surface area contributed by atoms with Gasteiger partial charge in [0.25, 0.3) is 0 Å². The molecule has 0 aromatic rings. The van der Waals surface area contributed by atoms with Crippen LogP contribution in [0.25, 0.3) is 0 Å². The second kappa shape index (κ2) is 2.76. The van der Waals surface area contributed by atoms with Crippen molar-refractivity contribution < 1.29 is 5.11 Å². The summed E-state index contributed by atoms with van der Waals surface area (Å²) in [5.41, 5.74) is 0. The minimum Gasteiger partial charge on any atom is -0.395 e. The van der Waals surface area contributed by atoms with Gasteiger partial charge >= 0.3 is 0 Å². The summed E-state index contributed by atoms with van der Waals surface area (Å²) in [5, 5.41) is 12.4. The Kier molecular flexibility index (Phi) is 1.90. The Morgan fingerprint density at radius 3 is 3.00 bits per heavy atom. The first-order valence-electron chi connectivity index (χ1n) is 4.65. The Morgan fingerprint density at radius 1 is 1.45 bits per heavy atom. The molecule has 11 heavy (non-hydrogen) atoms. The van der Waals surface area contributed by atoms with Gasteiger partial charge in [0.2, 0.25) is 0 Å². The van der Waals surface area contributed by atoms with E-state index in [1.165, 1.54) is 12.8 Å². The number of fused-ring (bicyclic) bond motifs is 1. The Bertz CT molecular complexity index is 146. The molecule has 0 amide bonds. The molecule has 4 atom stereocenters. The van der Waals surface area contributed by atoms with E-state index in [1.54, 1.807) is 0 Å². The van der Waals surface area contributed by atoms with E-state index < -0.39 is 0 Å². The molecule has 64 valence electrons. The number of hydrogen-bond acceptors (Lipinski definition) is 2. The van der Waals surface area contributed by atoms with Gasteiger partial charge < -0.3 is 10.4 Å². The quantitative estimate of drug-likeness (QED) is 0.581. The first-order valence-corrected chi connectivity index (χ1v) is 4.65. The van der Waals surface area contributed by atoms with E-state index in [9.17, 15) is 0 Å². The maximum atomic E-state index is 9.04. The van der Waals surface area contributed by atoms with Gasteiger partial charge in [-0.2, -0.15) is 0 Å². The van der Waals surface area contributed by atoms with Gasteiger partial charge in [-0.1, -0.05) is 6.92 Å². The van der Waals surface area contributed by atoms with Crippen molar-refractivity contribution in [3.8, 4) is 0 Å². The van der Waals surface area contributed by atoms with Crippen LogP contribution in [0.5, 0.6) is 0 Å². The molecule has 2 rings (SSSR count). The van der Waals surface area contributed by atoms with Crippen LogP contribution in [0.1, 0.15) is 19.8 Å². The van der Waals surface area contributed by atoms with Gasteiger partial charge in [-0.15, -0.1) is 0 Å². The highest BCUT2D eigenvalue weighted by Crippen LogP contribution is 2.40. The van der Waals surface area contributed by atoms with Gasteiger partial charge in [0, 0.05) is 6.04 Å². The zero-order valence-electron chi connectivity index (χ0n) is 7.09. The Balaban J connectivity index is 2.01. The Labute approximate surface area is 68.0 Å². The molecule has 0 bridgehead atoms. The van der Waals surface area contributed by atoms with Crippen molar-refractivity contribution in [2.75, 3.05) is 13.2 Å². The minimum atomic E-state index is 0.327. The van der Waals surface area contributed by atoms with Crippen molar-refractivity contribution in [2.45, 2.75) is 25.8 Å². The lowest BCUT2D eigenvalue weighted by atomic mass is 9.94. The van der Waals surface area contributed by atoms with E-state index in [0.29, 0.717) is 12.6 Å². The second-order valence-corrected chi connectivity index (χ2v) is 4.20. The Hall–Kier alpha value is -0.0800. The van der Waals surface area contributed by atoms with Crippen LogP contribution in [-0.2, 0) is 0 Å². The van der Waals surface area contributed by atoms with Crippen molar-refractivity contribution in [1.29, 1.82) is 0 Å². The van der Waals surface area contributed by atoms with Crippen molar-refractivity contribution in [3.63, 3.8) is 0 Å². The molecule has 0 radical (unpaired) electrons. The highest BCUT2D eigenvalue weighted by atomic mass is 16.3. The molecule has 2 nitrogen and oxygen atoms in total. The molecule has 2 heteroatoms. The molecular formula is C9H17NO. The summed E-state index contributed by atoms with van der Waals surface area (Å²) in [4.78, 5) is 0. The van der Waals surface area contributed by atoms with Crippen molar-refractivity contribution in [3.05, 3.63) is 0 Å². The fraction of sp³-hybridized carbons (Fsp3) is 1.00.